The van der Waals surface area contributed by atoms with Gasteiger partial charge in [-0.3, -0.25) is 4.99 Å². The zero-order chi connectivity index (χ0) is 20.7. The van der Waals surface area contributed by atoms with E-state index in [9.17, 15) is 5.11 Å². The van der Waals surface area contributed by atoms with Crippen LogP contribution in [0.15, 0.2) is 33.8 Å². The largest absolute Gasteiger partial charge is 0.392 e. The molecule has 29 heavy (non-hydrogen) atoms. The van der Waals surface area contributed by atoms with Crippen LogP contribution in [0.25, 0.3) is 11.4 Å². The van der Waals surface area contributed by atoms with Crippen LogP contribution in [0.2, 0.25) is 5.02 Å². The number of aromatic nitrogens is 2. The van der Waals surface area contributed by atoms with E-state index in [1.54, 1.807) is 0 Å². The van der Waals surface area contributed by atoms with Crippen molar-refractivity contribution in [2.45, 2.75) is 52.1 Å². The number of hydrogen-bond acceptors (Lipinski definition) is 5. The smallest absolute Gasteiger partial charge is 0.228 e. The van der Waals surface area contributed by atoms with E-state index in [4.69, 9.17) is 21.1 Å². The van der Waals surface area contributed by atoms with Crippen molar-refractivity contribution in [3.63, 3.8) is 0 Å². The van der Waals surface area contributed by atoms with E-state index in [1.807, 2.05) is 31.2 Å². The fraction of sp³-hybridized carbons (Fsp3) is 0.571. The molecule has 0 radical (unpaired) electrons. The molecule has 3 rings (SSSR count). The van der Waals surface area contributed by atoms with Gasteiger partial charge < -0.3 is 20.3 Å². The minimum atomic E-state index is -0.286. The average molecular weight is 420 g/mol. The second-order valence-electron chi connectivity index (χ2n) is 7.81. The van der Waals surface area contributed by atoms with Crippen LogP contribution in [0.4, 0.5) is 0 Å². The van der Waals surface area contributed by atoms with E-state index in [-0.39, 0.29) is 11.5 Å². The molecule has 1 aliphatic rings. The first-order valence-electron chi connectivity index (χ1n) is 10.3. The van der Waals surface area contributed by atoms with Gasteiger partial charge in [0.05, 0.1) is 12.6 Å². The number of hydrogen-bond donors (Lipinski definition) is 3. The fourth-order valence-electron chi connectivity index (χ4n) is 3.56. The van der Waals surface area contributed by atoms with Gasteiger partial charge in [0.2, 0.25) is 11.7 Å². The number of benzene rings is 1. The number of aliphatic hydroxyl groups is 1. The Morgan fingerprint density at radius 2 is 2.24 bits per heavy atom. The van der Waals surface area contributed by atoms with Gasteiger partial charge in [-0.05, 0) is 31.9 Å². The van der Waals surface area contributed by atoms with E-state index in [0.29, 0.717) is 36.2 Å². The van der Waals surface area contributed by atoms with Crippen molar-refractivity contribution in [2.24, 2.45) is 10.4 Å². The maximum Gasteiger partial charge on any atom is 0.228 e. The molecule has 2 unspecified atom stereocenters. The van der Waals surface area contributed by atoms with E-state index in [1.165, 1.54) is 0 Å². The molecule has 1 saturated carbocycles. The molecule has 0 bridgehead atoms. The van der Waals surface area contributed by atoms with Crippen molar-refractivity contribution < 1.29 is 9.63 Å². The number of aliphatic imine (C=N–C) groups is 1. The van der Waals surface area contributed by atoms with Gasteiger partial charge in [0.1, 0.15) is 0 Å². The second kappa shape index (κ2) is 10.1. The van der Waals surface area contributed by atoms with Crippen LogP contribution < -0.4 is 10.6 Å². The lowest BCUT2D eigenvalue weighted by atomic mass is 9.73. The Morgan fingerprint density at radius 1 is 1.38 bits per heavy atom. The summed E-state index contributed by atoms with van der Waals surface area (Å²) in [6.45, 7) is 6.14. The maximum atomic E-state index is 10.4. The Morgan fingerprint density at radius 3 is 3.00 bits per heavy atom. The van der Waals surface area contributed by atoms with Crippen LogP contribution in [-0.4, -0.2) is 46.9 Å². The van der Waals surface area contributed by atoms with Gasteiger partial charge in [-0.25, -0.2) is 0 Å². The third kappa shape index (κ3) is 5.93. The molecule has 158 valence electrons. The quantitative estimate of drug-likeness (QED) is 0.470. The zero-order valence-electron chi connectivity index (χ0n) is 17.1. The predicted molar refractivity (Wildman–Crippen MR) is 115 cm³/mol. The summed E-state index contributed by atoms with van der Waals surface area (Å²) >= 11 is 6.02. The van der Waals surface area contributed by atoms with Gasteiger partial charge in [-0.15, -0.1) is 0 Å². The monoisotopic (exact) mass is 419 g/mol. The Balaban J connectivity index is 1.54. The highest BCUT2D eigenvalue weighted by molar-refractivity contribution is 6.30. The third-order valence-corrected chi connectivity index (χ3v) is 5.64. The molecule has 2 atom stereocenters. The van der Waals surface area contributed by atoms with Crippen LogP contribution in [0.1, 0.15) is 45.4 Å². The Hall–Kier alpha value is -2.12. The first-order valence-corrected chi connectivity index (χ1v) is 10.7. The minimum Gasteiger partial charge on any atom is -0.392 e. The molecule has 0 saturated heterocycles. The number of halogens is 1. The van der Waals surface area contributed by atoms with Crippen LogP contribution >= 0.6 is 11.6 Å². The number of aliphatic hydroxyl groups excluding tert-OH is 1. The van der Waals surface area contributed by atoms with E-state index in [0.717, 1.165) is 43.8 Å². The number of rotatable bonds is 7. The van der Waals surface area contributed by atoms with Gasteiger partial charge in [0.25, 0.3) is 0 Å². The topological polar surface area (TPSA) is 95.6 Å². The molecule has 0 spiro atoms. The highest BCUT2D eigenvalue weighted by Crippen LogP contribution is 2.36. The van der Waals surface area contributed by atoms with Crippen molar-refractivity contribution in [1.82, 2.24) is 20.8 Å². The molecular weight excluding hydrogens is 390 g/mol. The summed E-state index contributed by atoms with van der Waals surface area (Å²) in [4.78, 5) is 9.14. The Labute approximate surface area is 177 Å². The van der Waals surface area contributed by atoms with E-state index < -0.39 is 0 Å². The Bertz CT molecular complexity index is 825. The van der Waals surface area contributed by atoms with Gasteiger partial charge in [0, 0.05) is 35.5 Å². The highest BCUT2D eigenvalue weighted by atomic mass is 35.5. The molecule has 1 aromatic carbocycles. The molecule has 1 aromatic heterocycles. The van der Waals surface area contributed by atoms with Crippen molar-refractivity contribution >= 4 is 17.6 Å². The van der Waals surface area contributed by atoms with Gasteiger partial charge >= 0.3 is 0 Å². The molecule has 0 amide bonds. The SMILES string of the molecule is CCNC(=NCC1(C)CCCCC1O)NCCc1nc(-c2cccc(Cl)c2)no1. The molecular formula is C21H30ClN5O2. The molecule has 1 fully saturated rings. The van der Waals surface area contributed by atoms with Crippen LogP contribution in [0.5, 0.6) is 0 Å². The number of nitrogens with zero attached hydrogens (tertiary/aromatic N) is 3. The molecule has 3 N–H and O–H groups in total. The molecule has 1 heterocycles. The average Bonchev–Trinajstić information content (AvgIpc) is 3.18. The lowest BCUT2D eigenvalue weighted by Crippen LogP contribution is -2.42. The van der Waals surface area contributed by atoms with Crippen LogP contribution in [0, 0.1) is 5.41 Å². The van der Waals surface area contributed by atoms with Crippen molar-refractivity contribution in [3.05, 3.63) is 35.2 Å². The highest BCUT2D eigenvalue weighted by Gasteiger charge is 2.35. The van der Waals surface area contributed by atoms with Crippen molar-refractivity contribution in [2.75, 3.05) is 19.6 Å². The summed E-state index contributed by atoms with van der Waals surface area (Å²) in [5.41, 5.74) is 0.675. The fourth-order valence-corrected chi connectivity index (χ4v) is 3.75. The summed E-state index contributed by atoms with van der Waals surface area (Å²) in [6, 6.07) is 7.38. The lowest BCUT2D eigenvalue weighted by Gasteiger charge is -2.37. The molecule has 2 aromatic rings. The second-order valence-corrected chi connectivity index (χ2v) is 8.25. The first kappa shape index (κ1) is 21.6. The van der Waals surface area contributed by atoms with E-state index in [2.05, 4.69) is 27.7 Å². The maximum absolute atomic E-state index is 10.4. The summed E-state index contributed by atoms with van der Waals surface area (Å²) in [7, 11) is 0. The Kier molecular flexibility index (Phi) is 7.50. The van der Waals surface area contributed by atoms with Crippen LogP contribution in [-0.2, 0) is 6.42 Å². The summed E-state index contributed by atoms with van der Waals surface area (Å²) < 4.78 is 5.35. The van der Waals surface area contributed by atoms with E-state index >= 15 is 0 Å². The molecule has 8 heteroatoms. The minimum absolute atomic E-state index is 0.154. The summed E-state index contributed by atoms with van der Waals surface area (Å²) in [5, 5.41) is 21.6. The number of guanidine groups is 1. The first-order chi connectivity index (χ1) is 14.0. The predicted octanol–water partition coefficient (Wildman–Crippen LogP) is 3.43. The standard InChI is InChI=1S/C21H30ClN5O2/c1-3-23-20(25-14-21(2)11-5-4-9-17(21)28)24-12-10-18-26-19(27-29-18)15-7-6-8-16(22)13-15/h6-8,13,17,28H,3-5,9-12,14H2,1-2H3,(H2,23,24,25). The summed E-state index contributed by atoms with van der Waals surface area (Å²) in [5.74, 6) is 1.82. The van der Waals surface area contributed by atoms with Gasteiger partial charge in [-0.2, -0.15) is 4.98 Å². The molecule has 7 nitrogen and oxygen atoms in total. The van der Waals surface area contributed by atoms with Crippen molar-refractivity contribution in [1.29, 1.82) is 0 Å². The van der Waals surface area contributed by atoms with Crippen LogP contribution in [0.3, 0.4) is 0 Å². The molecule has 0 aliphatic heterocycles. The number of nitrogens with one attached hydrogen (secondary N) is 2. The zero-order valence-corrected chi connectivity index (χ0v) is 17.9. The van der Waals surface area contributed by atoms with Gasteiger partial charge in [-0.1, -0.05) is 48.7 Å². The van der Waals surface area contributed by atoms with Crippen molar-refractivity contribution in [3.8, 4) is 11.4 Å². The lowest BCUT2D eigenvalue weighted by molar-refractivity contribution is 0.00716. The molecule has 1 aliphatic carbocycles. The summed E-state index contributed by atoms with van der Waals surface area (Å²) in [6.07, 6.45) is 4.41. The third-order valence-electron chi connectivity index (χ3n) is 5.40. The normalized spacial score (nSPS) is 22.5. The van der Waals surface area contributed by atoms with Gasteiger partial charge in [0.15, 0.2) is 5.96 Å².